The predicted octanol–water partition coefficient (Wildman–Crippen LogP) is 3.33. The molecule has 5 heteroatoms. The summed E-state index contributed by atoms with van der Waals surface area (Å²) in [6.45, 7) is 0. The Labute approximate surface area is 122 Å². The average molecular weight is 281 g/mol. The minimum absolute atomic E-state index is 0.238. The molecule has 0 saturated carbocycles. The standard InChI is InChI=1S/C16H15N3O2/c1-21-15-8-2-12(3-9-15)17-16-10-11-19(18-16)13-4-6-14(20)7-5-13/h2-11,20H,1H3,(H,17,18). The summed E-state index contributed by atoms with van der Waals surface area (Å²) in [5.74, 6) is 1.80. The number of rotatable bonds is 4. The van der Waals surface area contributed by atoms with E-state index < -0.39 is 0 Å². The Hall–Kier alpha value is -2.95. The van der Waals surface area contributed by atoms with Crippen molar-refractivity contribution >= 4 is 11.5 Å². The van der Waals surface area contributed by atoms with Crippen LogP contribution in [0.3, 0.4) is 0 Å². The SMILES string of the molecule is COc1ccc(Nc2ccn(-c3ccc(O)cc3)n2)cc1. The summed E-state index contributed by atoms with van der Waals surface area (Å²) >= 11 is 0. The summed E-state index contributed by atoms with van der Waals surface area (Å²) in [5, 5.41) is 17.0. The highest BCUT2D eigenvalue weighted by Gasteiger charge is 2.02. The van der Waals surface area contributed by atoms with Crippen molar-refractivity contribution in [3.05, 3.63) is 60.8 Å². The Kier molecular flexibility index (Phi) is 3.47. The molecule has 2 aromatic carbocycles. The second-order valence-corrected chi connectivity index (χ2v) is 4.52. The van der Waals surface area contributed by atoms with Crippen LogP contribution in [-0.2, 0) is 0 Å². The normalized spacial score (nSPS) is 10.3. The van der Waals surface area contributed by atoms with Crippen molar-refractivity contribution in [3.63, 3.8) is 0 Å². The molecule has 0 fully saturated rings. The Morgan fingerprint density at radius 2 is 1.71 bits per heavy atom. The first-order valence-corrected chi connectivity index (χ1v) is 6.51. The van der Waals surface area contributed by atoms with Crippen LogP contribution >= 0.6 is 0 Å². The number of benzene rings is 2. The van der Waals surface area contributed by atoms with Crippen LogP contribution in [0.4, 0.5) is 11.5 Å². The van der Waals surface area contributed by atoms with E-state index in [1.54, 1.807) is 36.1 Å². The van der Waals surface area contributed by atoms with Gasteiger partial charge in [0.05, 0.1) is 12.8 Å². The molecule has 21 heavy (non-hydrogen) atoms. The lowest BCUT2D eigenvalue weighted by Gasteiger charge is -2.05. The maximum absolute atomic E-state index is 9.29. The third kappa shape index (κ3) is 2.97. The van der Waals surface area contributed by atoms with Gasteiger partial charge in [0.25, 0.3) is 0 Å². The zero-order valence-electron chi connectivity index (χ0n) is 11.5. The lowest BCUT2D eigenvalue weighted by atomic mass is 10.3. The zero-order valence-corrected chi connectivity index (χ0v) is 11.5. The number of ether oxygens (including phenoxy) is 1. The number of aromatic hydroxyl groups is 1. The highest BCUT2D eigenvalue weighted by molar-refractivity contribution is 5.57. The van der Waals surface area contributed by atoms with Gasteiger partial charge in [0.15, 0.2) is 5.82 Å². The van der Waals surface area contributed by atoms with E-state index in [0.717, 1.165) is 22.9 Å². The monoisotopic (exact) mass is 281 g/mol. The fourth-order valence-electron chi connectivity index (χ4n) is 1.96. The number of anilines is 2. The van der Waals surface area contributed by atoms with E-state index in [2.05, 4.69) is 10.4 Å². The second-order valence-electron chi connectivity index (χ2n) is 4.52. The van der Waals surface area contributed by atoms with Gasteiger partial charge in [-0.3, -0.25) is 0 Å². The number of aromatic nitrogens is 2. The first kappa shape index (κ1) is 13.1. The number of nitrogens with zero attached hydrogens (tertiary/aromatic N) is 2. The zero-order chi connectivity index (χ0) is 14.7. The topological polar surface area (TPSA) is 59.3 Å². The highest BCUT2D eigenvalue weighted by atomic mass is 16.5. The van der Waals surface area contributed by atoms with Crippen LogP contribution in [0.5, 0.6) is 11.5 Å². The summed E-state index contributed by atoms with van der Waals surface area (Å²) in [6, 6.07) is 16.4. The molecule has 0 aliphatic rings. The number of phenols is 1. The third-order valence-electron chi connectivity index (χ3n) is 3.07. The molecule has 3 aromatic rings. The van der Waals surface area contributed by atoms with Crippen LogP contribution < -0.4 is 10.1 Å². The van der Waals surface area contributed by atoms with Gasteiger partial charge in [-0.15, -0.1) is 0 Å². The first-order chi connectivity index (χ1) is 10.2. The number of hydrogen-bond donors (Lipinski definition) is 2. The van der Waals surface area contributed by atoms with Crippen molar-refractivity contribution in [2.24, 2.45) is 0 Å². The number of nitrogens with one attached hydrogen (secondary N) is 1. The van der Waals surface area contributed by atoms with Crippen molar-refractivity contribution in [2.75, 3.05) is 12.4 Å². The molecule has 0 aliphatic heterocycles. The van der Waals surface area contributed by atoms with E-state index in [9.17, 15) is 5.11 Å². The van der Waals surface area contributed by atoms with E-state index in [1.165, 1.54) is 0 Å². The van der Waals surface area contributed by atoms with Gasteiger partial charge in [0.1, 0.15) is 11.5 Å². The van der Waals surface area contributed by atoms with Crippen LogP contribution in [0, 0.1) is 0 Å². The van der Waals surface area contributed by atoms with Gasteiger partial charge in [-0.1, -0.05) is 0 Å². The molecule has 0 aliphatic carbocycles. The molecule has 3 rings (SSSR count). The molecule has 0 spiro atoms. The van der Waals surface area contributed by atoms with Crippen molar-refractivity contribution in [2.45, 2.75) is 0 Å². The quantitative estimate of drug-likeness (QED) is 0.770. The second kappa shape index (κ2) is 5.58. The molecular weight excluding hydrogens is 266 g/mol. The third-order valence-corrected chi connectivity index (χ3v) is 3.07. The molecule has 0 amide bonds. The minimum Gasteiger partial charge on any atom is -0.508 e. The molecule has 0 atom stereocenters. The van der Waals surface area contributed by atoms with E-state index in [-0.39, 0.29) is 5.75 Å². The summed E-state index contributed by atoms with van der Waals surface area (Å²) in [5.41, 5.74) is 1.82. The van der Waals surface area contributed by atoms with Crippen LogP contribution in [0.1, 0.15) is 0 Å². The Balaban J connectivity index is 1.76. The minimum atomic E-state index is 0.238. The van der Waals surface area contributed by atoms with Gasteiger partial charge in [-0.05, 0) is 48.5 Å². The number of phenolic OH excluding ortho intramolecular Hbond substituents is 1. The molecule has 0 radical (unpaired) electrons. The highest BCUT2D eigenvalue weighted by Crippen LogP contribution is 2.20. The van der Waals surface area contributed by atoms with Crippen LogP contribution in [0.2, 0.25) is 0 Å². The summed E-state index contributed by atoms with van der Waals surface area (Å²) in [6.07, 6.45) is 1.86. The lowest BCUT2D eigenvalue weighted by Crippen LogP contribution is -1.96. The van der Waals surface area contributed by atoms with Gasteiger partial charge < -0.3 is 15.2 Å². The van der Waals surface area contributed by atoms with Gasteiger partial charge in [0.2, 0.25) is 0 Å². The molecule has 2 N–H and O–H groups in total. The molecule has 1 heterocycles. The number of methoxy groups -OCH3 is 1. The van der Waals surface area contributed by atoms with Crippen molar-refractivity contribution in [1.29, 1.82) is 0 Å². The summed E-state index contributed by atoms with van der Waals surface area (Å²) in [7, 11) is 1.64. The first-order valence-electron chi connectivity index (χ1n) is 6.51. The predicted molar refractivity (Wildman–Crippen MR) is 81.5 cm³/mol. The van der Waals surface area contributed by atoms with Crippen molar-refractivity contribution < 1.29 is 9.84 Å². The maximum atomic E-state index is 9.29. The largest absolute Gasteiger partial charge is 0.508 e. The van der Waals surface area contributed by atoms with Crippen LogP contribution in [0.25, 0.3) is 5.69 Å². The fourth-order valence-corrected chi connectivity index (χ4v) is 1.96. The smallest absolute Gasteiger partial charge is 0.152 e. The van der Waals surface area contributed by atoms with Gasteiger partial charge in [-0.2, -0.15) is 5.10 Å². The maximum Gasteiger partial charge on any atom is 0.152 e. The summed E-state index contributed by atoms with van der Waals surface area (Å²) in [4.78, 5) is 0. The van der Waals surface area contributed by atoms with Crippen molar-refractivity contribution in [3.8, 4) is 17.2 Å². The molecule has 0 unspecified atom stereocenters. The summed E-state index contributed by atoms with van der Waals surface area (Å²) < 4.78 is 6.86. The van der Waals surface area contributed by atoms with E-state index in [0.29, 0.717) is 0 Å². The molecule has 0 bridgehead atoms. The van der Waals surface area contributed by atoms with Gasteiger partial charge >= 0.3 is 0 Å². The van der Waals surface area contributed by atoms with Crippen molar-refractivity contribution in [1.82, 2.24) is 9.78 Å². The molecule has 106 valence electrons. The fraction of sp³-hybridized carbons (Fsp3) is 0.0625. The van der Waals surface area contributed by atoms with E-state index in [1.807, 2.05) is 36.5 Å². The van der Waals surface area contributed by atoms with Crippen LogP contribution in [0.15, 0.2) is 60.8 Å². The Morgan fingerprint density at radius 1 is 1.00 bits per heavy atom. The molecule has 0 saturated heterocycles. The van der Waals surface area contributed by atoms with Gasteiger partial charge in [0, 0.05) is 18.0 Å². The molecule has 1 aromatic heterocycles. The lowest BCUT2D eigenvalue weighted by molar-refractivity contribution is 0.415. The molecular formula is C16H15N3O2. The van der Waals surface area contributed by atoms with Gasteiger partial charge in [-0.25, -0.2) is 4.68 Å². The Bertz CT molecular complexity index is 718. The van der Waals surface area contributed by atoms with E-state index in [4.69, 9.17) is 4.74 Å². The average Bonchev–Trinajstić information content (AvgIpc) is 2.97. The number of hydrogen-bond acceptors (Lipinski definition) is 4. The van der Waals surface area contributed by atoms with Crippen LogP contribution in [-0.4, -0.2) is 22.0 Å². The molecule has 5 nitrogen and oxygen atoms in total. The Morgan fingerprint density at radius 3 is 2.38 bits per heavy atom. The van der Waals surface area contributed by atoms with E-state index >= 15 is 0 Å².